The maximum Gasteiger partial charge on any atom is 0.107 e. The first-order chi connectivity index (χ1) is 5.29. The SMILES string of the molecule is Cc1ccc(N)n2cccc12. The molecule has 2 N–H and O–H groups in total. The van der Waals surface area contributed by atoms with Gasteiger partial charge in [0.15, 0.2) is 0 Å². The van der Waals surface area contributed by atoms with Gasteiger partial charge in [0.05, 0.1) is 0 Å². The van der Waals surface area contributed by atoms with Crippen LogP contribution in [-0.2, 0) is 0 Å². The Morgan fingerprint density at radius 2 is 2.09 bits per heavy atom. The van der Waals surface area contributed by atoms with Crippen LogP contribution in [0.4, 0.5) is 5.82 Å². The molecule has 0 saturated heterocycles. The summed E-state index contributed by atoms with van der Waals surface area (Å²) in [4.78, 5) is 0. The van der Waals surface area contributed by atoms with Crippen LogP contribution in [0.3, 0.4) is 0 Å². The lowest BCUT2D eigenvalue weighted by Crippen LogP contribution is -1.95. The third-order valence-corrected chi connectivity index (χ3v) is 1.94. The highest BCUT2D eigenvalue weighted by Gasteiger charge is 1.97. The van der Waals surface area contributed by atoms with E-state index in [0.717, 1.165) is 5.82 Å². The Morgan fingerprint density at radius 3 is 2.82 bits per heavy atom. The first-order valence-corrected chi connectivity index (χ1v) is 3.61. The molecule has 0 atom stereocenters. The molecule has 2 heterocycles. The molecule has 2 aromatic heterocycles. The van der Waals surface area contributed by atoms with Gasteiger partial charge < -0.3 is 10.1 Å². The number of fused-ring (bicyclic) bond motifs is 1. The fourth-order valence-electron chi connectivity index (χ4n) is 1.30. The van der Waals surface area contributed by atoms with E-state index >= 15 is 0 Å². The van der Waals surface area contributed by atoms with E-state index in [1.807, 2.05) is 28.8 Å². The average molecular weight is 146 g/mol. The minimum absolute atomic E-state index is 0.788. The Hall–Kier alpha value is -1.44. The molecule has 2 aromatic rings. The monoisotopic (exact) mass is 146 g/mol. The Balaban J connectivity index is 2.96. The molecular formula is C9H10N2. The van der Waals surface area contributed by atoms with Crippen LogP contribution in [0.15, 0.2) is 30.5 Å². The van der Waals surface area contributed by atoms with Crippen molar-refractivity contribution in [2.75, 3.05) is 5.73 Å². The summed E-state index contributed by atoms with van der Waals surface area (Å²) in [6.45, 7) is 2.08. The number of pyridine rings is 1. The lowest BCUT2D eigenvalue weighted by atomic mass is 10.2. The first kappa shape index (κ1) is 6.28. The lowest BCUT2D eigenvalue weighted by molar-refractivity contribution is 1.19. The Kier molecular flexibility index (Phi) is 1.15. The summed E-state index contributed by atoms with van der Waals surface area (Å²) in [6, 6.07) is 8.01. The van der Waals surface area contributed by atoms with E-state index < -0.39 is 0 Å². The molecule has 0 amide bonds. The average Bonchev–Trinajstić information content (AvgIpc) is 2.45. The second-order valence-corrected chi connectivity index (χ2v) is 2.70. The Bertz CT molecular complexity index is 351. The highest BCUT2D eigenvalue weighted by molar-refractivity contribution is 5.59. The number of hydrogen-bond acceptors (Lipinski definition) is 1. The smallest absolute Gasteiger partial charge is 0.107 e. The van der Waals surface area contributed by atoms with Crippen LogP contribution in [0.5, 0.6) is 0 Å². The predicted molar refractivity (Wildman–Crippen MR) is 46.5 cm³/mol. The van der Waals surface area contributed by atoms with Gasteiger partial charge in [-0.3, -0.25) is 0 Å². The molecule has 0 unspecified atom stereocenters. The molecule has 11 heavy (non-hydrogen) atoms. The van der Waals surface area contributed by atoms with Crippen LogP contribution < -0.4 is 5.73 Å². The van der Waals surface area contributed by atoms with E-state index in [1.165, 1.54) is 11.1 Å². The standard InChI is InChI=1S/C9H10N2/c1-7-4-5-9(10)11-6-2-3-8(7)11/h2-6H,10H2,1H3. The quantitative estimate of drug-likeness (QED) is 0.603. The van der Waals surface area contributed by atoms with Crippen LogP contribution in [0.25, 0.3) is 5.52 Å². The topological polar surface area (TPSA) is 30.4 Å². The van der Waals surface area contributed by atoms with E-state index in [2.05, 4.69) is 13.0 Å². The van der Waals surface area contributed by atoms with Crippen molar-refractivity contribution in [2.24, 2.45) is 0 Å². The Morgan fingerprint density at radius 1 is 1.27 bits per heavy atom. The predicted octanol–water partition coefficient (Wildman–Crippen LogP) is 1.83. The zero-order valence-electron chi connectivity index (χ0n) is 6.41. The maximum atomic E-state index is 5.73. The molecule has 0 bridgehead atoms. The van der Waals surface area contributed by atoms with Crippen molar-refractivity contribution in [3.8, 4) is 0 Å². The third-order valence-electron chi connectivity index (χ3n) is 1.94. The minimum atomic E-state index is 0.788. The maximum absolute atomic E-state index is 5.73. The molecule has 0 aliphatic carbocycles. The van der Waals surface area contributed by atoms with Crippen molar-refractivity contribution in [1.29, 1.82) is 0 Å². The number of rotatable bonds is 0. The number of anilines is 1. The van der Waals surface area contributed by atoms with Crippen molar-refractivity contribution in [1.82, 2.24) is 4.40 Å². The number of nitrogen functional groups attached to an aromatic ring is 1. The molecule has 2 heteroatoms. The highest BCUT2D eigenvalue weighted by Crippen LogP contribution is 2.14. The molecule has 2 nitrogen and oxygen atoms in total. The summed E-state index contributed by atoms with van der Waals surface area (Å²) >= 11 is 0. The van der Waals surface area contributed by atoms with E-state index in [-0.39, 0.29) is 0 Å². The van der Waals surface area contributed by atoms with Crippen LogP contribution in [0.1, 0.15) is 5.56 Å². The van der Waals surface area contributed by atoms with Crippen molar-refractivity contribution < 1.29 is 0 Å². The molecule has 56 valence electrons. The third kappa shape index (κ3) is 0.792. The van der Waals surface area contributed by atoms with Gasteiger partial charge in [-0.2, -0.15) is 0 Å². The van der Waals surface area contributed by atoms with Gasteiger partial charge in [0, 0.05) is 11.7 Å². The molecule has 2 rings (SSSR count). The fourth-order valence-corrected chi connectivity index (χ4v) is 1.30. The van der Waals surface area contributed by atoms with Gasteiger partial charge in [0.25, 0.3) is 0 Å². The molecule has 0 saturated carbocycles. The van der Waals surface area contributed by atoms with E-state index in [9.17, 15) is 0 Å². The summed E-state index contributed by atoms with van der Waals surface area (Å²) in [5.41, 5.74) is 8.17. The van der Waals surface area contributed by atoms with Crippen LogP contribution in [-0.4, -0.2) is 4.40 Å². The van der Waals surface area contributed by atoms with Gasteiger partial charge >= 0.3 is 0 Å². The summed E-state index contributed by atoms with van der Waals surface area (Å²) in [5, 5.41) is 0. The first-order valence-electron chi connectivity index (χ1n) is 3.61. The van der Waals surface area contributed by atoms with Crippen molar-refractivity contribution in [3.05, 3.63) is 36.0 Å². The van der Waals surface area contributed by atoms with Crippen LogP contribution in [0, 0.1) is 6.92 Å². The molecule has 0 fully saturated rings. The minimum Gasteiger partial charge on any atom is -0.385 e. The summed E-state index contributed by atoms with van der Waals surface area (Å²) in [7, 11) is 0. The Labute approximate surface area is 65.3 Å². The van der Waals surface area contributed by atoms with Crippen molar-refractivity contribution in [2.45, 2.75) is 6.92 Å². The summed E-state index contributed by atoms with van der Waals surface area (Å²) < 4.78 is 1.98. The van der Waals surface area contributed by atoms with Crippen LogP contribution >= 0.6 is 0 Å². The zero-order chi connectivity index (χ0) is 7.84. The highest BCUT2D eigenvalue weighted by atomic mass is 15.0. The fraction of sp³-hybridized carbons (Fsp3) is 0.111. The number of aromatic nitrogens is 1. The summed E-state index contributed by atoms with van der Waals surface area (Å²) in [5.74, 6) is 0.788. The summed E-state index contributed by atoms with van der Waals surface area (Å²) in [6.07, 6.45) is 1.97. The van der Waals surface area contributed by atoms with E-state index in [0.29, 0.717) is 0 Å². The number of aryl methyl sites for hydroxylation is 1. The van der Waals surface area contributed by atoms with E-state index in [4.69, 9.17) is 5.73 Å². The largest absolute Gasteiger partial charge is 0.385 e. The molecule has 0 spiro atoms. The van der Waals surface area contributed by atoms with Gasteiger partial charge in [-0.05, 0) is 30.7 Å². The number of hydrogen-bond donors (Lipinski definition) is 1. The zero-order valence-corrected chi connectivity index (χ0v) is 6.41. The number of nitrogens with two attached hydrogens (primary N) is 1. The molecule has 0 aliphatic rings. The van der Waals surface area contributed by atoms with E-state index in [1.54, 1.807) is 0 Å². The molecule has 0 aliphatic heterocycles. The molecule has 0 aromatic carbocycles. The van der Waals surface area contributed by atoms with Crippen molar-refractivity contribution in [3.63, 3.8) is 0 Å². The van der Waals surface area contributed by atoms with Gasteiger partial charge in [-0.1, -0.05) is 6.07 Å². The second-order valence-electron chi connectivity index (χ2n) is 2.70. The normalized spacial score (nSPS) is 10.6. The van der Waals surface area contributed by atoms with Crippen LogP contribution in [0.2, 0.25) is 0 Å². The van der Waals surface area contributed by atoms with Crippen molar-refractivity contribution >= 4 is 11.3 Å². The second kappa shape index (κ2) is 2.02. The van der Waals surface area contributed by atoms with Gasteiger partial charge in [-0.15, -0.1) is 0 Å². The van der Waals surface area contributed by atoms with Gasteiger partial charge in [-0.25, -0.2) is 0 Å². The van der Waals surface area contributed by atoms with Gasteiger partial charge in [0.2, 0.25) is 0 Å². The lowest BCUT2D eigenvalue weighted by Gasteiger charge is -2.01. The molecular weight excluding hydrogens is 136 g/mol. The molecule has 0 radical (unpaired) electrons. The van der Waals surface area contributed by atoms with Gasteiger partial charge in [0.1, 0.15) is 5.82 Å². The number of nitrogens with zero attached hydrogens (tertiary/aromatic N) is 1.